The molecule has 0 aliphatic carbocycles. The van der Waals surface area contributed by atoms with Crippen LogP contribution in [0.25, 0.3) is 11.3 Å². The molecule has 0 saturated carbocycles. The normalized spacial score (nSPS) is 11.2. The summed E-state index contributed by atoms with van der Waals surface area (Å²) in [7, 11) is 0. The molecular formula is C17H20FN3O3. The Morgan fingerprint density at radius 3 is 2.50 bits per heavy atom. The fourth-order valence-corrected chi connectivity index (χ4v) is 2.08. The second-order valence-electron chi connectivity index (χ2n) is 5.66. The molecule has 1 amide bonds. The number of ether oxygens (including phenoxy) is 1. The maximum Gasteiger partial charge on any atom is 0.267 e. The lowest BCUT2D eigenvalue weighted by molar-refractivity contribution is -0.121. The van der Waals surface area contributed by atoms with E-state index in [4.69, 9.17) is 4.74 Å². The molecule has 0 bridgehead atoms. The van der Waals surface area contributed by atoms with Gasteiger partial charge >= 0.3 is 0 Å². The highest BCUT2D eigenvalue weighted by Crippen LogP contribution is 2.23. The van der Waals surface area contributed by atoms with E-state index in [9.17, 15) is 14.0 Å². The Labute approximate surface area is 139 Å². The largest absolute Gasteiger partial charge is 0.459 e. The van der Waals surface area contributed by atoms with Gasteiger partial charge in [-0.2, -0.15) is 9.49 Å². The molecule has 1 heterocycles. The Bertz CT molecular complexity index is 764. The maximum absolute atomic E-state index is 13.5. The van der Waals surface area contributed by atoms with E-state index in [-0.39, 0.29) is 18.0 Å². The summed E-state index contributed by atoms with van der Waals surface area (Å²) in [6.07, 6.45) is 0. The molecule has 7 heteroatoms. The molecule has 2 rings (SSSR count). The van der Waals surface area contributed by atoms with E-state index in [0.29, 0.717) is 18.0 Å². The average Bonchev–Trinajstić information content (AvgIpc) is 2.49. The Kier molecular flexibility index (Phi) is 5.33. The van der Waals surface area contributed by atoms with Gasteiger partial charge < -0.3 is 10.1 Å². The summed E-state index contributed by atoms with van der Waals surface area (Å²) in [6.45, 7) is 4.78. The number of hydrogen-bond donors (Lipinski definition) is 1. The third-order valence-corrected chi connectivity index (χ3v) is 3.04. The van der Waals surface area contributed by atoms with Crippen molar-refractivity contribution in [3.63, 3.8) is 0 Å². The Morgan fingerprint density at radius 1 is 1.25 bits per heavy atom. The number of alkyl halides is 1. The average molecular weight is 333 g/mol. The number of aromatic nitrogens is 2. The topological polar surface area (TPSA) is 73.2 Å². The van der Waals surface area contributed by atoms with E-state index in [1.807, 2.05) is 0 Å². The third kappa shape index (κ3) is 4.91. The number of halogens is 1. The summed E-state index contributed by atoms with van der Waals surface area (Å²) in [4.78, 5) is 23.4. The van der Waals surface area contributed by atoms with Crippen molar-refractivity contribution in [1.29, 1.82) is 0 Å². The monoisotopic (exact) mass is 333 g/mol. The van der Waals surface area contributed by atoms with Crippen LogP contribution in [0.1, 0.15) is 20.8 Å². The van der Waals surface area contributed by atoms with Crippen LogP contribution in [-0.2, 0) is 11.3 Å². The van der Waals surface area contributed by atoms with Crippen molar-refractivity contribution < 1.29 is 13.9 Å². The van der Waals surface area contributed by atoms with Gasteiger partial charge in [0.15, 0.2) is 0 Å². The van der Waals surface area contributed by atoms with E-state index in [1.165, 1.54) is 19.9 Å². The molecule has 0 aliphatic heterocycles. The molecule has 0 atom stereocenters. The highest BCUT2D eigenvalue weighted by Gasteiger charge is 2.16. The Hall–Kier alpha value is -2.70. The number of hydrogen-bond acceptors (Lipinski definition) is 4. The van der Waals surface area contributed by atoms with Crippen LogP contribution in [0.3, 0.4) is 0 Å². The molecule has 1 aromatic heterocycles. The van der Waals surface area contributed by atoms with Crippen LogP contribution >= 0.6 is 0 Å². The van der Waals surface area contributed by atoms with Gasteiger partial charge in [0.2, 0.25) is 11.8 Å². The number of nitrogens with zero attached hydrogens (tertiary/aromatic N) is 2. The molecule has 0 radical (unpaired) electrons. The third-order valence-electron chi connectivity index (χ3n) is 3.04. The molecule has 0 unspecified atom stereocenters. The van der Waals surface area contributed by atoms with Crippen molar-refractivity contribution >= 4 is 5.91 Å². The predicted molar refractivity (Wildman–Crippen MR) is 88.4 cm³/mol. The summed E-state index contributed by atoms with van der Waals surface area (Å²) in [5.74, 6) is -1.65. The van der Waals surface area contributed by atoms with Gasteiger partial charge in [-0.1, -0.05) is 0 Å². The van der Waals surface area contributed by atoms with Gasteiger partial charge in [-0.3, -0.25) is 9.59 Å². The Morgan fingerprint density at radius 2 is 1.92 bits per heavy atom. The zero-order valence-electron chi connectivity index (χ0n) is 13.9. The molecule has 0 aliphatic rings. The molecule has 128 valence electrons. The smallest absolute Gasteiger partial charge is 0.267 e. The number of carbonyl (C=O) groups excluding carboxylic acids is 1. The fraction of sp³-hybridized carbons (Fsp3) is 0.353. The first-order valence-electron chi connectivity index (χ1n) is 7.62. The number of rotatable bonds is 6. The first-order chi connectivity index (χ1) is 11.3. The lowest BCUT2D eigenvalue weighted by Gasteiger charge is -2.17. The van der Waals surface area contributed by atoms with E-state index in [0.717, 1.165) is 10.2 Å². The highest BCUT2D eigenvalue weighted by atomic mass is 19.2. The van der Waals surface area contributed by atoms with Crippen molar-refractivity contribution in [2.75, 3.05) is 6.54 Å². The van der Waals surface area contributed by atoms with E-state index >= 15 is 0 Å². The van der Waals surface area contributed by atoms with Gasteiger partial charge in [0.1, 0.15) is 12.3 Å². The number of benzene rings is 1. The van der Waals surface area contributed by atoms with Crippen molar-refractivity contribution in [3.8, 4) is 17.0 Å². The van der Waals surface area contributed by atoms with Gasteiger partial charge in [0.25, 0.3) is 5.56 Å². The minimum Gasteiger partial charge on any atom is -0.459 e. The summed E-state index contributed by atoms with van der Waals surface area (Å²) < 4.78 is 19.7. The fourth-order valence-electron chi connectivity index (χ4n) is 2.08. The summed E-state index contributed by atoms with van der Waals surface area (Å²) in [5, 5.41) is 6.82. The number of nitrogens with one attached hydrogen (secondary N) is 1. The summed E-state index contributed by atoms with van der Waals surface area (Å²) >= 11 is 0. The molecular weight excluding hydrogens is 313 g/mol. The zero-order chi connectivity index (χ0) is 17.7. The number of carbonyl (C=O) groups is 1. The van der Waals surface area contributed by atoms with Crippen molar-refractivity contribution in [2.45, 2.75) is 33.2 Å². The molecule has 2 aromatic rings. The molecule has 1 N–H and O–H groups in total. The van der Waals surface area contributed by atoms with Crippen molar-refractivity contribution in [2.24, 2.45) is 0 Å². The molecule has 0 saturated heterocycles. The van der Waals surface area contributed by atoms with Gasteiger partial charge in [0, 0.05) is 32.0 Å². The lowest BCUT2D eigenvalue weighted by atomic mass is 10.1. The number of amides is 1. The van der Waals surface area contributed by atoms with Gasteiger partial charge in [-0.25, -0.2) is 4.68 Å². The second-order valence-corrected chi connectivity index (χ2v) is 5.66. The zero-order valence-corrected chi connectivity index (χ0v) is 13.9. The molecule has 6 nitrogen and oxygen atoms in total. The Balaban J connectivity index is 2.23. The minimum atomic E-state index is -1.76. The van der Waals surface area contributed by atoms with Crippen LogP contribution in [0.15, 0.2) is 41.2 Å². The molecule has 0 fully saturated rings. The van der Waals surface area contributed by atoms with E-state index in [1.54, 1.807) is 37.3 Å². The predicted octanol–water partition coefficient (Wildman–Crippen LogP) is 2.13. The van der Waals surface area contributed by atoms with E-state index in [2.05, 4.69) is 10.4 Å². The van der Waals surface area contributed by atoms with Crippen LogP contribution in [0.4, 0.5) is 4.39 Å². The number of likely N-dealkylation sites (N-methyl/N-ethyl adjacent to an activating group) is 1. The maximum atomic E-state index is 13.5. The van der Waals surface area contributed by atoms with Crippen LogP contribution in [0, 0.1) is 0 Å². The molecule has 1 aromatic carbocycles. The van der Waals surface area contributed by atoms with Crippen LogP contribution in [0.5, 0.6) is 5.75 Å². The van der Waals surface area contributed by atoms with Crippen LogP contribution < -0.4 is 15.6 Å². The van der Waals surface area contributed by atoms with Gasteiger partial charge in [-0.05, 0) is 37.3 Å². The van der Waals surface area contributed by atoms with Crippen LogP contribution in [-0.4, -0.2) is 28.1 Å². The molecule has 24 heavy (non-hydrogen) atoms. The summed E-state index contributed by atoms with van der Waals surface area (Å²) in [6, 6.07) is 9.60. The van der Waals surface area contributed by atoms with Crippen LogP contribution in [0.2, 0.25) is 0 Å². The first kappa shape index (κ1) is 17.7. The molecule has 0 spiro atoms. The second kappa shape index (κ2) is 7.25. The van der Waals surface area contributed by atoms with Gasteiger partial charge in [-0.15, -0.1) is 0 Å². The minimum absolute atomic E-state index is 0.141. The summed E-state index contributed by atoms with van der Waals surface area (Å²) in [5.41, 5.74) is 0.901. The lowest BCUT2D eigenvalue weighted by Crippen LogP contribution is -2.33. The van der Waals surface area contributed by atoms with Crippen molar-refractivity contribution in [3.05, 3.63) is 46.8 Å². The highest BCUT2D eigenvalue weighted by molar-refractivity contribution is 5.75. The van der Waals surface area contributed by atoms with Gasteiger partial charge in [0.05, 0.1) is 5.69 Å². The van der Waals surface area contributed by atoms with Crippen molar-refractivity contribution in [1.82, 2.24) is 15.1 Å². The quantitative estimate of drug-likeness (QED) is 0.879. The van der Waals surface area contributed by atoms with E-state index < -0.39 is 5.85 Å². The SMILES string of the molecule is CCNC(=O)Cn1nc(-c2ccc(OC(C)(C)F)cc2)ccc1=O. The standard InChI is InChI=1S/C17H20FN3O3/c1-4-19-15(22)11-21-16(23)10-9-14(20-21)12-5-7-13(8-6-12)24-17(2,3)18/h5-10H,4,11H2,1-3H3,(H,19,22). The first-order valence-corrected chi connectivity index (χ1v) is 7.62.